The number of fused-ring (bicyclic) bond motifs is 1. The molecule has 0 fully saturated rings. The average Bonchev–Trinajstić information content (AvgIpc) is 2.80. The van der Waals surface area contributed by atoms with E-state index in [4.69, 9.17) is 4.42 Å². The van der Waals surface area contributed by atoms with Gasteiger partial charge >= 0.3 is 5.76 Å². The second-order valence-electron chi connectivity index (χ2n) is 4.66. The molecule has 0 bridgehead atoms. The first-order valence-corrected chi connectivity index (χ1v) is 6.23. The molecule has 2 aromatic carbocycles. The Morgan fingerprint density at radius 1 is 1.24 bits per heavy atom. The number of aromatic amines is 1. The number of halogens is 1. The maximum Gasteiger partial charge on any atom is 0.417 e. The standard InChI is InChI=1S/C15H11FN2O3/c1-8-2-4-11(16)10(6-8)14(19)17-9-3-5-13-12(7-9)18-15(20)21-13/h2-7H,1H3,(H,17,19)(H,18,20). The Kier molecular flexibility index (Phi) is 3.06. The van der Waals surface area contributed by atoms with Gasteiger partial charge in [0, 0.05) is 5.69 Å². The minimum atomic E-state index is -0.587. The number of benzene rings is 2. The monoisotopic (exact) mass is 286 g/mol. The van der Waals surface area contributed by atoms with Gasteiger partial charge < -0.3 is 9.73 Å². The topological polar surface area (TPSA) is 75.1 Å². The van der Waals surface area contributed by atoms with Crippen LogP contribution >= 0.6 is 0 Å². The zero-order valence-corrected chi connectivity index (χ0v) is 11.1. The van der Waals surface area contributed by atoms with E-state index in [0.717, 1.165) is 5.56 Å². The number of oxazole rings is 1. The fourth-order valence-corrected chi connectivity index (χ4v) is 2.04. The van der Waals surface area contributed by atoms with Gasteiger partial charge in [0.05, 0.1) is 11.1 Å². The van der Waals surface area contributed by atoms with Gasteiger partial charge in [-0.25, -0.2) is 9.18 Å². The van der Waals surface area contributed by atoms with Gasteiger partial charge in [-0.2, -0.15) is 0 Å². The molecule has 3 aromatic rings. The van der Waals surface area contributed by atoms with Gasteiger partial charge in [0.1, 0.15) is 5.82 Å². The highest BCUT2D eigenvalue weighted by Gasteiger charge is 2.12. The van der Waals surface area contributed by atoms with Crippen LogP contribution in [0.15, 0.2) is 45.6 Å². The molecule has 2 N–H and O–H groups in total. The molecule has 1 aromatic heterocycles. The van der Waals surface area contributed by atoms with Crippen molar-refractivity contribution < 1.29 is 13.6 Å². The summed E-state index contributed by atoms with van der Waals surface area (Å²) in [4.78, 5) is 25.6. The number of amides is 1. The van der Waals surface area contributed by atoms with Crippen LogP contribution in [0.4, 0.5) is 10.1 Å². The molecule has 0 aliphatic rings. The molecule has 0 saturated carbocycles. The van der Waals surface area contributed by atoms with Crippen molar-refractivity contribution in [2.24, 2.45) is 0 Å². The Morgan fingerprint density at radius 2 is 2.05 bits per heavy atom. The molecule has 0 radical (unpaired) electrons. The minimum absolute atomic E-state index is 0.0317. The number of hydrogen-bond donors (Lipinski definition) is 2. The third-order valence-corrected chi connectivity index (χ3v) is 3.04. The Bertz CT molecular complexity index is 895. The van der Waals surface area contributed by atoms with Crippen LogP contribution in [0.1, 0.15) is 15.9 Å². The van der Waals surface area contributed by atoms with Crippen LogP contribution in [0, 0.1) is 12.7 Å². The van der Waals surface area contributed by atoms with E-state index < -0.39 is 17.5 Å². The SMILES string of the molecule is Cc1ccc(F)c(C(=O)Nc2ccc3oc(=O)[nH]c3c2)c1. The quantitative estimate of drug-likeness (QED) is 0.760. The molecule has 0 aliphatic heterocycles. The Morgan fingerprint density at radius 3 is 2.86 bits per heavy atom. The Balaban J connectivity index is 1.92. The number of rotatable bonds is 2. The molecule has 6 heteroatoms. The van der Waals surface area contributed by atoms with E-state index in [1.807, 2.05) is 0 Å². The molecule has 1 heterocycles. The van der Waals surface area contributed by atoms with E-state index in [9.17, 15) is 14.0 Å². The summed E-state index contributed by atoms with van der Waals surface area (Å²) in [6.45, 7) is 1.78. The van der Waals surface area contributed by atoms with Crippen LogP contribution in [-0.2, 0) is 0 Å². The number of carbonyl (C=O) groups is 1. The summed E-state index contributed by atoms with van der Waals surface area (Å²) in [6, 6.07) is 8.99. The number of anilines is 1. The molecular weight excluding hydrogens is 275 g/mol. The maximum atomic E-state index is 13.7. The minimum Gasteiger partial charge on any atom is -0.408 e. The lowest BCUT2D eigenvalue weighted by molar-refractivity contribution is 0.102. The van der Waals surface area contributed by atoms with Gasteiger partial charge in [-0.3, -0.25) is 9.78 Å². The van der Waals surface area contributed by atoms with Crippen LogP contribution in [0.2, 0.25) is 0 Å². The van der Waals surface area contributed by atoms with Gasteiger partial charge in [-0.05, 0) is 37.3 Å². The summed E-state index contributed by atoms with van der Waals surface area (Å²) in [6.07, 6.45) is 0. The number of H-pyrrole nitrogens is 1. The van der Waals surface area contributed by atoms with Crippen LogP contribution in [-0.4, -0.2) is 10.9 Å². The molecule has 1 amide bonds. The first kappa shape index (κ1) is 13.1. The normalized spacial score (nSPS) is 10.8. The number of aromatic nitrogens is 1. The van der Waals surface area contributed by atoms with Crippen molar-refractivity contribution in [2.45, 2.75) is 6.92 Å². The zero-order chi connectivity index (χ0) is 15.0. The number of nitrogens with one attached hydrogen (secondary N) is 2. The summed E-state index contributed by atoms with van der Waals surface area (Å²) < 4.78 is 18.5. The van der Waals surface area contributed by atoms with Crippen LogP contribution in [0.5, 0.6) is 0 Å². The Hall–Kier alpha value is -2.89. The van der Waals surface area contributed by atoms with Gasteiger partial charge in [-0.15, -0.1) is 0 Å². The maximum absolute atomic E-state index is 13.7. The van der Waals surface area contributed by atoms with Crippen molar-refractivity contribution in [1.29, 1.82) is 0 Å². The average molecular weight is 286 g/mol. The molecule has 21 heavy (non-hydrogen) atoms. The Labute approximate surface area is 118 Å². The van der Waals surface area contributed by atoms with E-state index in [0.29, 0.717) is 16.8 Å². The molecule has 0 unspecified atom stereocenters. The highest BCUT2D eigenvalue weighted by Crippen LogP contribution is 2.18. The highest BCUT2D eigenvalue weighted by atomic mass is 19.1. The van der Waals surface area contributed by atoms with E-state index >= 15 is 0 Å². The van der Waals surface area contributed by atoms with Gasteiger partial charge in [-0.1, -0.05) is 11.6 Å². The highest BCUT2D eigenvalue weighted by molar-refractivity contribution is 6.05. The van der Waals surface area contributed by atoms with E-state index in [1.54, 1.807) is 31.2 Å². The molecule has 106 valence electrons. The van der Waals surface area contributed by atoms with Crippen LogP contribution in [0.3, 0.4) is 0 Å². The zero-order valence-electron chi connectivity index (χ0n) is 11.1. The van der Waals surface area contributed by atoms with Crippen molar-refractivity contribution in [3.8, 4) is 0 Å². The molecule has 5 nitrogen and oxygen atoms in total. The molecule has 3 rings (SSSR count). The molecule has 0 atom stereocenters. The summed E-state index contributed by atoms with van der Waals surface area (Å²) in [5, 5.41) is 2.59. The molecule has 0 spiro atoms. The van der Waals surface area contributed by atoms with Crippen molar-refractivity contribution >= 4 is 22.7 Å². The van der Waals surface area contributed by atoms with Crippen molar-refractivity contribution in [2.75, 3.05) is 5.32 Å². The first-order valence-electron chi connectivity index (χ1n) is 6.23. The number of hydrogen-bond acceptors (Lipinski definition) is 3. The largest absolute Gasteiger partial charge is 0.417 e. The number of carbonyl (C=O) groups excluding carboxylic acids is 1. The fraction of sp³-hybridized carbons (Fsp3) is 0.0667. The lowest BCUT2D eigenvalue weighted by Crippen LogP contribution is -2.13. The lowest BCUT2D eigenvalue weighted by atomic mass is 10.1. The molecule has 0 aliphatic carbocycles. The van der Waals surface area contributed by atoms with E-state index in [2.05, 4.69) is 10.3 Å². The predicted octanol–water partition coefficient (Wildman–Crippen LogP) is 2.82. The first-order chi connectivity index (χ1) is 10.0. The summed E-state index contributed by atoms with van der Waals surface area (Å²) in [5.74, 6) is -1.71. The molecule has 0 saturated heterocycles. The second kappa shape index (κ2) is 4.90. The van der Waals surface area contributed by atoms with Crippen LogP contribution < -0.4 is 11.1 Å². The van der Waals surface area contributed by atoms with Crippen molar-refractivity contribution in [3.63, 3.8) is 0 Å². The summed E-state index contributed by atoms with van der Waals surface area (Å²) in [7, 11) is 0. The summed E-state index contributed by atoms with van der Waals surface area (Å²) >= 11 is 0. The van der Waals surface area contributed by atoms with E-state index in [-0.39, 0.29) is 5.56 Å². The van der Waals surface area contributed by atoms with Crippen LogP contribution in [0.25, 0.3) is 11.1 Å². The summed E-state index contributed by atoms with van der Waals surface area (Å²) in [5.41, 5.74) is 2.04. The smallest absolute Gasteiger partial charge is 0.408 e. The van der Waals surface area contributed by atoms with E-state index in [1.165, 1.54) is 12.1 Å². The number of aryl methyl sites for hydroxylation is 1. The predicted molar refractivity (Wildman–Crippen MR) is 75.9 cm³/mol. The fourth-order valence-electron chi connectivity index (χ4n) is 2.04. The molecular formula is C15H11FN2O3. The van der Waals surface area contributed by atoms with Crippen molar-refractivity contribution in [3.05, 3.63) is 63.9 Å². The second-order valence-corrected chi connectivity index (χ2v) is 4.66. The van der Waals surface area contributed by atoms with Crippen molar-refractivity contribution in [1.82, 2.24) is 4.98 Å². The van der Waals surface area contributed by atoms with Gasteiger partial charge in [0.25, 0.3) is 5.91 Å². The lowest BCUT2D eigenvalue weighted by Gasteiger charge is -2.06. The van der Waals surface area contributed by atoms with Gasteiger partial charge in [0.15, 0.2) is 5.58 Å². The van der Waals surface area contributed by atoms with Gasteiger partial charge in [0.2, 0.25) is 0 Å². The third-order valence-electron chi connectivity index (χ3n) is 3.04. The third kappa shape index (κ3) is 2.55.